The van der Waals surface area contributed by atoms with Gasteiger partial charge in [0.1, 0.15) is 10.8 Å². The Kier molecular flexibility index (Phi) is 5.24. The molecule has 32 heavy (non-hydrogen) atoms. The van der Waals surface area contributed by atoms with Crippen molar-refractivity contribution in [3.05, 3.63) is 71.0 Å². The molecule has 5 aromatic rings. The summed E-state index contributed by atoms with van der Waals surface area (Å²) in [5.74, 6) is 1.11. The van der Waals surface area contributed by atoms with Gasteiger partial charge in [-0.2, -0.15) is 9.61 Å². The molecule has 0 aliphatic carbocycles. The normalized spacial score (nSPS) is 11.2. The smallest absolute Gasteiger partial charge is 0.256 e. The molecule has 7 nitrogen and oxygen atoms in total. The molecular formula is C23H18ClN5O2S. The SMILES string of the molecule is CCc1nnc2sc(-c3ccc(OC)c(NC(=O)c4cccc5c(Cl)cccc45)c3)nn12. The van der Waals surface area contributed by atoms with Crippen LogP contribution in [-0.2, 0) is 6.42 Å². The molecule has 1 amide bonds. The summed E-state index contributed by atoms with van der Waals surface area (Å²) in [7, 11) is 1.57. The molecule has 2 heterocycles. The monoisotopic (exact) mass is 463 g/mol. The Morgan fingerprint density at radius 2 is 1.94 bits per heavy atom. The van der Waals surface area contributed by atoms with Crippen LogP contribution >= 0.6 is 22.9 Å². The number of methoxy groups -OCH3 is 1. The first-order valence-corrected chi connectivity index (χ1v) is 11.2. The zero-order valence-electron chi connectivity index (χ0n) is 17.3. The number of hydrogen-bond donors (Lipinski definition) is 1. The second-order valence-electron chi connectivity index (χ2n) is 7.08. The third-order valence-electron chi connectivity index (χ3n) is 5.18. The van der Waals surface area contributed by atoms with Crippen LogP contribution in [0.1, 0.15) is 23.1 Å². The van der Waals surface area contributed by atoms with E-state index in [0.717, 1.165) is 38.5 Å². The minimum absolute atomic E-state index is 0.250. The number of rotatable bonds is 5. The molecule has 0 spiro atoms. The number of nitrogens with zero attached hydrogens (tertiary/aromatic N) is 4. The molecule has 3 aromatic carbocycles. The maximum Gasteiger partial charge on any atom is 0.256 e. The lowest BCUT2D eigenvalue weighted by Crippen LogP contribution is -2.13. The van der Waals surface area contributed by atoms with Crippen LogP contribution in [-0.4, -0.2) is 32.8 Å². The molecule has 5 rings (SSSR count). The molecule has 0 saturated carbocycles. The van der Waals surface area contributed by atoms with E-state index < -0.39 is 0 Å². The van der Waals surface area contributed by atoms with Gasteiger partial charge in [-0.15, -0.1) is 10.2 Å². The highest BCUT2D eigenvalue weighted by atomic mass is 35.5. The van der Waals surface area contributed by atoms with Crippen LogP contribution in [0.5, 0.6) is 5.75 Å². The van der Waals surface area contributed by atoms with E-state index in [0.29, 0.717) is 22.0 Å². The molecule has 9 heteroatoms. The summed E-state index contributed by atoms with van der Waals surface area (Å²) in [5, 5.41) is 18.9. The summed E-state index contributed by atoms with van der Waals surface area (Å²) in [6.45, 7) is 2.01. The van der Waals surface area contributed by atoms with Gasteiger partial charge in [-0.05, 0) is 35.7 Å². The molecule has 0 saturated heterocycles. The molecule has 2 aromatic heterocycles. The summed E-state index contributed by atoms with van der Waals surface area (Å²) < 4.78 is 7.23. The lowest BCUT2D eigenvalue weighted by Gasteiger charge is -2.13. The molecule has 0 atom stereocenters. The van der Waals surface area contributed by atoms with Crippen LogP contribution in [0.25, 0.3) is 26.3 Å². The zero-order chi connectivity index (χ0) is 22.2. The second kappa shape index (κ2) is 8.22. The van der Waals surface area contributed by atoms with Gasteiger partial charge in [-0.25, -0.2) is 0 Å². The molecule has 1 N–H and O–H groups in total. The standard InChI is InChI=1S/C23H18ClN5O2S/c1-3-20-26-27-23-29(20)28-22(32-23)13-10-11-19(31-2)18(12-13)25-21(30)16-8-4-7-15-14(16)6-5-9-17(15)24/h4-12H,3H2,1-2H3,(H,25,30). The predicted octanol–water partition coefficient (Wildman–Crippen LogP) is 5.48. The number of benzene rings is 3. The zero-order valence-corrected chi connectivity index (χ0v) is 18.9. The van der Waals surface area contributed by atoms with Gasteiger partial charge in [0.05, 0.1) is 12.8 Å². The number of halogens is 1. The lowest BCUT2D eigenvalue weighted by molar-refractivity contribution is 0.102. The third kappa shape index (κ3) is 3.47. The maximum atomic E-state index is 13.2. The number of nitrogens with one attached hydrogen (secondary N) is 1. The Labute approximate surface area is 192 Å². The maximum absolute atomic E-state index is 13.2. The average molecular weight is 464 g/mol. The van der Waals surface area contributed by atoms with E-state index in [1.807, 2.05) is 55.5 Å². The number of fused-ring (bicyclic) bond motifs is 2. The van der Waals surface area contributed by atoms with Crippen molar-refractivity contribution >= 4 is 50.3 Å². The minimum atomic E-state index is -0.250. The molecule has 0 fully saturated rings. The highest BCUT2D eigenvalue weighted by molar-refractivity contribution is 7.19. The minimum Gasteiger partial charge on any atom is -0.495 e. The Morgan fingerprint density at radius 3 is 2.75 bits per heavy atom. The second-order valence-corrected chi connectivity index (χ2v) is 8.44. The summed E-state index contributed by atoms with van der Waals surface area (Å²) in [5.41, 5.74) is 1.93. The molecule has 160 valence electrons. The summed E-state index contributed by atoms with van der Waals surface area (Å²) in [4.78, 5) is 13.9. The van der Waals surface area contributed by atoms with Crippen LogP contribution in [0, 0.1) is 0 Å². The van der Waals surface area contributed by atoms with Crippen molar-refractivity contribution in [3.8, 4) is 16.3 Å². The van der Waals surface area contributed by atoms with Crippen LogP contribution < -0.4 is 10.1 Å². The van der Waals surface area contributed by atoms with Crippen molar-refractivity contribution in [2.45, 2.75) is 13.3 Å². The van der Waals surface area contributed by atoms with Crippen molar-refractivity contribution in [1.29, 1.82) is 0 Å². The van der Waals surface area contributed by atoms with E-state index in [2.05, 4.69) is 20.6 Å². The molecule has 0 unspecified atom stereocenters. The van der Waals surface area contributed by atoms with Crippen LogP contribution in [0.2, 0.25) is 5.02 Å². The highest BCUT2D eigenvalue weighted by Gasteiger charge is 2.17. The van der Waals surface area contributed by atoms with Gasteiger partial charge >= 0.3 is 0 Å². The number of ether oxygens (including phenoxy) is 1. The van der Waals surface area contributed by atoms with Crippen LogP contribution in [0.15, 0.2) is 54.6 Å². The van der Waals surface area contributed by atoms with Gasteiger partial charge in [-0.1, -0.05) is 54.1 Å². The fourth-order valence-electron chi connectivity index (χ4n) is 3.59. The van der Waals surface area contributed by atoms with Gasteiger partial charge < -0.3 is 10.1 Å². The fraction of sp³-hybridized carbons (Fsp3) is 0.130. The quantitative estimate of drug-likeness (QED) is 0.373. The van der Waals surface area contributed by atoms with Crippen LogP contribution in [0.3, 0.4) is 0 Å². The van der Waals surface area contributed by atoms with Gasteiger partial charge in [0.15, 0.2) is 5.82 Å². The molecule has 0 bridgehead atoms. The van der Waals surface area contributed by atoms with Crippen molar-refractivity contribution < 1.29 is 9.53 Å². The Morgan fingerprint density at radius 1 is 1.12 bits per heavy atom. The number of carbonyl (C=O) groups excluding carboxylic acids is 1. The van der Waals surface area contributed by atoms with E-state index in [4.69, 9.17) is 16.3 Å². The lowest BCUT2D eigenvalue weighted by atomic mass is 10.0. The Hall–Kier alpha value is -3.49. The molecular weight excluding hydrogens is 446 g/mol. The fourth-order valence-corrected chi connectivity index (χ4v) is 4.68. The number of hydrogen-bond acceptors (Lipinski definition) is 6. The average Bonchev–Trinajstić information content (AvgIpc) is 3.40. The number of aryl methyl sites for hydroxylation is 1. The summed E-state index contributed by atoms with van der Waals surface area (Å²) >= 11 is 7.74. The predicted molar refractivity (Wildman–Crippen MR) is 127 cm³/mol. The first-order valence-electron chi connectivity index (χ1n) is 9.97. The van der Waals surface area contributed by atoms with Gasteiger partial charge in [0.25, 0.3) is 5.91 Å². The van der Waals surface area contributed by atoms with E-state index >= 15 is 0 Å². The van der Waals surface area contributed by atoms with E-state index in [1.54, 1.807) is 17.7 Å². The molecule has 0 aliphatic rings. The van der Waals surface area contributed by atoms with Gasteiger partial charge in [-0.3, -0.25) is 4.79 Å². The number of amides is 1. The first kappa shape index (κ1) is 20.4. The topological polar surface area (TPSA) is 81.4 Å². The number of carbonyl (C=O) groups is 1. The first-order chi connectivity index (χ1) is 15.6. The van der Waals surface area contributed by atoms with Crippen molar-refractivity contribution in [3.63, 3.8) is 0 Å². The Bertz CT molecular complexity index is 1480. The van der Waals surface area contributed by atoms with Crippen LogP contribution in [0.4, 0.5) is 5.69 Å². The summed E-state index contributed by atoms with van der Waals surface area (Å²) in [6.07, 6.45) is 0.739. The van der Waals surface area contributed by atoms with E-state index in [1.165, 1.54) is 11.3 Å². The molecule has 0 radical (unpaired) electrons. The third-order valence-corrected chi connectivity index (χ3v) is 6.46. The largest absolute Gasteiger partial charge is 0.495 e. The van der Waals surface area contributed by atoms with E-state index in [9.17, 15) is 4.79 Å². The van der Waals surface area contributed by atoms with Crippen molar-refractivity contribution in [2.75, 3.05) is 12.4 Å². The van der Waals surface area contributed by atoms with Crippen molar-refractivity contribution in [1.82, 2.24) is 19.8 Å². The summed E-state index contributed by atoms with van der Waals surface area (Å²) in [6, 6.07) is 16.6. The van der Waals surface area contributed by atoms with Gasteiger partial charge in [0, 0.05) is 28.0 Å². The Balaban J connectivity index is 1.52. The number of aromatic nitrogens is 4. The van der Waals surface area contributed by atoms with Gasteiger partial charge in [0.2, 0.25) is 4.96 Å². The van der Waals surface area contributed by atoms with E-state index in [-0.39, 0.29) is 5.91 Å². The molecule has 0 aliphatic heterocycles. The van der Waals surface area contributed by atoms with Crippen molar-refractivity contribution in [2.24, 2.45) is 0 Å². The number of anilines is 1. The highest BCUT2D eigenvalue weighted by Crippen LogP contribution is 2.34.